The second-order valence-corrected chi connectivity index (χ2v) is 9.08. The molecule has 5 rings (SSSR count). The fourth-order valence-electron chi connectivity index (χ4n) is 4.23. The highest BCUT2D eigenvalue weighted by atomic mass is 32.2. The van der Waals surface area contributed by atoms with Crippen molar-refractivity contribution in [3.8, 4) is 11.3 Å². The Balaban J connectivity index is 1.45. The van der Waals surface area contributed by atoms with E-state index in [1.54, 1.807) is 12.1 Å². The van der Waals surface area contributed by atoms with Crippen LogP contribution in [0.3, 0.4) is 0 Å². The SMILES string of the molecule is O=C1NC(=O)C(=Cc2ccc3ncnc(-c4ccc(N5CCN(CCO)CC5)c(F)c4)c3c2)S1. The monoisotopic (exact) mass is 479 g/mol. The van der Waals surface area contributed by atoms with Gasteiger partial charge in [0.15, 0.2) is 0 Å². The zero-order chi connectivity index (χ0) is 23.7. The summed E-state index contributed by atoms with van der Waals surface area (Å²) in [4.78, 5) is 36.5. The molecule has 2 aromatic carbocycles. The van der Waals surface area contributed by atoms with E-state index < -0.39 is 11.1 Å². The van der Waals surface area contributed by atoms with Gasteiger partial charge in [-0.2, -0.15) is 0 Å². The summed E-state index contributed by atoms with van der Waals surface area (Å²) in [7, 11) is 0. The van der Waals surface area contributed by atoms with Crippen LogP contribution in [0.5, 0.6) is 0 Å². The van der Waals surface area contributed by atoms with Crippen molar-refractivity contribution in [1.29, 1.82) is 0 Å². The Morgan fingerprint density at radius 2 is 1.91 bits per heavy atom. The van der Waals surface area contributed by atoms with Crippen LogP contribution in [-0.4, -0.2) is 70.5 Å². The van der Waals surface area contributed by atoms with Crippen molar-refractivity contribution in [2.75, 3.05) is 44.2 Å². The summed E-state index contributed by atoms with van der Waals surface area (Å²) in [6.45, 7) is 3.70. The molecule has 3 aromatic rings. The number of anilines is 1. The number of hydrogen-bond acceptors (Lipinski definition) is 8. The van der Waals surface area contributed by atoms with Gasteiger partial charge in [0.2, 0.25) is 0 Å². The first-order valence-electron chi connectivity index (χ1n) is 10.9. The molecule has 1 aromatic heterocycles. The molecule has 3 heterocycles. The average molecular weight is 480 g/mol. The third kappa shape index (κ3) is 4.52. The fourth-order valence-corrected chi connectivity index (χ4v) is 4.91. The second kappa shape index (κ2) is 9.49. The highest BCUT2D eigenvalue weighted by Crippen LogP contribution is 2.32. The lowest BCUT2D eigenvalue weighted by Gasteiger charge is -2.36. The molecule has 0 spiro atoms. The first kappa shape index (κ1) is 22.5. The molecule has 0 bridgehead atoms. The molecule has 0 unspecified atom stereocenters. The minimum Gasteiger partial charge on any atom is -0.395 e. The van der Waals surface area contributed by atoms with E-state index in [2.05, 4.69) is 20.2 Å². The second-order valence-electron chi connectivity index (χ2n) is 8.07. The standard InChI is InChI=1S/C24H22FN5O3S/c25-18-13-16(2-4-20(18)30-7-5-29(6-8-30)9-10-31)22-17-11-15(1-3-19(17)26-14-27-22)12-21-23(32)28-24(33)34-21/h1-4,11-14,31H,5-10H2,(H,28,32,33). The van der Waals surface area contributed by atoms with Crippen LogP contribution in [0.1, 0.15) is 5.56 Å². The number of β-amino-alcohol motifs (C(OH)–C–C–N with tert-alkyl or cyclic N) is 1. The lowest BCUT2D eigenvalue weighted by Crippen LogP contribution is -2.47. The molecule has 8 nitrogen and oxygen atoms in total. The number of hydrogen-bond donors (Lipinski definition) is 2. The highest BCUT2D eigenvalue weighted by molar-refractivity contribution is 8.18. The van der Waals surface area contributed by atoms with Crippen LogP contribution < -0.4 is 10.2 Å². The van der Waals surface area contributed by atoms with Crippen LogP contribution in [0.25, 0.3) is 28.2 Å². The minimum atomic E-state index is -0.422. The number of carbonyl (C=O) groups excluding carboxylic acids is 2. The molecule has 0 aliphatic carbocycles. The quantitative estimate of drug-likeness (QED) is 0.539. The zero-order valence-electron chi connectivity index (χ0n) is 18.2. The Morgan fingerprint density at radius 1 is 1.09 bits per heavy atom. The molecule has 34 heavy (non-hydrogen) atoms. The molecule has 2 aliphatic rings. The number of piperazine rings is 1. The van der Waals surface area contributed by atoms with Crippen molar-refractivity contribution >= 4 is 45.6 Å². The summed E-state index contributed by atoms with van der Waals surface area (Å²) in [6.07, 6.45) is 3.09. The number of amides is 2. The first-order chi connectivity index (χ1) is 16.5. The zero-order valence-corrected chi connectivity index (χ0v) is 19.0. The predicted octanol–water partition coefficient (Wildman–Crippen LogP) is 2.87. The Labute approximate surface area is 199 Å². The van der Waals surface area contributed by atoms with Crippen LogP contribution in [-0.2, 0) is 4.79 Å². The number of aromatic nitrogens is 2. The molecule has 0 atom stereocenters. The van der Waals surface area contributed by atoms with Gasteiger partial charge >= 0.3 is 0 Å². The highest BCUT2D eigenvalue weighted by Gasteiger charge is 2.25. The smallest absolute Gasteiger partial charge is 0.290 e. The van der Waals surface area contributed by atoms with Crippen molar-refractivity contribution in [1.82, 2.24) is 20.2 Å². The van der Waals surface area contributed by atoms with Gasteiger partial charge in [-0.3, -0.25) is 19.8 Å². The van der Waals surface area contributed by atoms with Gasteiger partial charge in [0.1, 0.15) is 12.1 Å². The fraction of sp³-hybridized carbons (Fsp3) is 0.250. The lowest BCUT2D eigenvalue weighted by molar-refractivity contribution is -0.115. The number of imide groups is 1. The van der Waals surface area contributed by atoms with E-state index >= 15 is 4.39 Å². The number of fused-ring (bicyclic) bond motifs is 1. The number of halogens is 1. The van der Waals surface area contributed by atoms with E-state index in [4.69, 9.17) is 5.11 Å². The van der Waals surface area contributed by atoms with E-state index in [9.17, 15) is 9.59 Å². The third-order valence-electron chi connectivity index (χ3n) is 5.95. The first-order valence-corrected chi connectivity index (χ1v) is 11.7. The van der Waals surface area contributed by atoms with Crippen LogP contribution in [0.4, 0.5) is 14.9 Å². The lowest BCUT2D eigenvalue weighted by atomic mass is 10.0. The van der Waals surface area contributed by atoms with Gasteiger partial charge in [0.25, 0.3) is 11.1 Å². The number of nitrogens with one attached hydrogen (secondary N) is 1. The number of thioether (sulfide) groups is 1. The van der Waals surface area contributed by atoms with E-state index in [1.165, 1.54) is 12.4 Å². The van der Waals surface area contributed by atoms with Gasteiger partial charge in [-0.25, -0.2) is 14.4 Å². The normalized spacial score (nSPS) is 18.2. The molecule has 174 valence electrons. The van der Waals surface area contributed by atoms with Gasteiger partial charge in [-0.1, -0.05) is 12.1 Å². The van der Waals surface area contributed by atoms with Crippen LogP contribution in [0.15, 0.2) is 47.6 Å². The van der Waals surface area contributed by atoms with Crippen LogP contribution >= 0.6 is 11.8 Å². The van der Waals surface area contributed by atoms with E-state index in [1.807, 2.05) is 29.2 Å². The molecule has 0 radical (unpaired) electrons. The molecular weight excluding hydrogens is 457 g/mol. The van der Waals surface area contributed by atoms with Crippen molar-refractivity contribution in [2.45, 2.75) is 0 Å². The summed E-state index contributed by atoms with van der Waals surface area (Å²) in [5.74, 6) is -0.745. The minimum absolute atomic E-state index is 0.124. The Kier molecular flexibility index (Phi) is 6.27. The summed E-state index contributed by atoms with van der Waals surface area (Å²) in [5, 5.41) is 11.7. The molecule has 2 amide bonds. The van der Waals surface area contributed by atoms with Gasteiger partial charge in [0, 0.05) is 43.7 Å². The van der Waals surface area contributed by atoms with Gasteiger partial charge in [-0.15, -0.1) is 0 Å². The van der Waals surface area contributed by atoms with Gasteiger partial charge < -0.3 is 10.0 Å². The molecule has 0 saturated carbocycles. The maximum Gasteiger partial charge on any atom is 0.290 e. The summed E-state index contributed by atoms with van der Waals surface area (Å²) in [6, 6.07) is 10.6. The number of aliphatic hydroxyl groups is 1. The van der Waals surface area contributed by atoms with Crippen molar-refractivity contribution in [3.63, 3.8) is 0 Å². The summed E-state index contributed by atoms with van der Waals surface area (Å²) in [5.41, 5.74) is 3.17. The van der Waals surface area contributed by atoms with Crippen molar-refractivity contribution < 1.29 is 19.1 Å². The third-order valence-corrected chi connectivity index (χ3v) is 6.76. The number of nitrogens with zero attached hydrogens (tertiary/aromatic N) is 4. The average Bonchev–Trinajstić information content (AvgIpc) is 3.15. The Bertz CT molecular complexity index is 1310. The summed E-state index contributed by atoms with van der Waals surface area (Å²) >= 11 is 0.855. The number of benzene rings is 2. The van der Waals surface area contributed by atoms with E-state index in [-0.39, 0.29) is 12.4 Å². The van der Waals surface area contributed by atoms with E-state index in [0.717, 1.165) is 30.2 Å². The van der Waals surface area contributed by atoms with Crippen LogP contribution in [0.2, 0.25) is 0 Å². The predicted molar refractivity (Wildman–Crippen MR) is 130 cm³/mol. The van der Waals surface area contributed by atoms with Crippen molar-refractivity contribution in [3.05, 3.63) is 59.0 Å². The Hall–Kier alpha value is -3.34. The van der Waals surface area contributed by atoms with Gasteiger partial charge in [-0.05, 0) is 47.7 Å². The number of carbonyl (C=O) groups is 2. The summed E-state index contributed by atoms with van der Waals surface area (Å²) < 4.78 is 15.2. The molecule has 10 heteroatoms. The van der Waals surface area contributed by atoms with Crippen molar-refractivity contribution in [2.24, 2.45) is 0 Å². The number of aliphatic hydroxyl groups excluding tert-OH is 1. The maximum atomic E-state index is 15.2. The van der Waals surface area contributed by atoms with Gasteiger partial charge in [0.05, 0.1) is 28.4 Å². The van der Waals surface area contributed by atoms with E-state index in [0.29, 0.717) is 52.6 Å². The molecule has 2 fully saturated rings. The topological polar surface area (TPSA) is 98.7 Å². The molecule has 2 aliphatic heterocycles. The Morgan fingerprint density at radius 3 is 2.62 bits per heavy atom. The largest absolute Gasteiger partial charge is 0.395 e. The van der Waals surface area contributed by atoms with Crippen LogP contribution in [0, 0.1) is 5.82 Å². The molecule has 2 saturated heterocycles. The molecular formula is C24H22FN5O3S. The maximum absolute atomic E-state index is 15.2. The number of rotatable bonds is 5. The molecule has 2 N–H and O–H groups in total.